The molecule has 2 fully saturated rings. The van der Waals surface area contributed by atoms with E-state index in [1.165, 1.54) is 12.8 Å². The molecule has 12 heavy (non-hydrogen) atoms. The highest BCUT2D eigenvalue weighted by molar-refractivity contribution is 4.79. The fourth-order valence-corrected chi connectivity index (χ4v) is 2.16. The fourth-order valence-electron chi connectivity index (χ4n) is 2.16. The van der Waals surface area contributed by atoms with E-state index >= 15 is 0 Å². The van der Waals surface area contributed by atoms with Gasteiger partial charge in [0.15, 0.2) is 6.29 Å². The van der Waals surface area contributed by atoms with Crippen LogP contribution in [-0.4, -0.2) is 19.5 Å². The molecule has 0 aromatic heterocycles. The predicted molar refractivity (Wildman–Crippen MR) is 46.7 cm³/mol. The van der Waals surface area contributed by atoms with E-state index in [9.17, 15) is 0 Å². The van der Waals surface area contributed by atoms with E-state index < -0.39 is 0 Å². The zero-order valence-corrected chi connectivity index (χ0v) is 7.95. The Morgan fingerprint density at radius 2 is 2.08 bits per heavy atom. The summed E-state index contributed by atoms with van der Waals surface area (Å²) >= 11 is 0. The number of hydrogen-bond acceptors (Lipinski definition) is 2. The van der Waals surface area contributed by atoms with Crippen molar-refractivity contribution >= 4 is 0 Å². The Morgan fingerprint density at radius 3 is 2.83 bits per heavy atom. The van der Waals surface area contributed by atoms with Gasteiger partial charge in [-0.05, 0) is 24.7 Å². The summed E-state index contributed by atoms with van der Waals surface area (Å²) in [5.74, 6) is 2.20. The van der Waals surface area contributed by atoms with Crippen LogP contribution in [0.2, 0.25) is 0 Å². The van der Waals surface area contributed by atoms with Crippen molar-refractivity contribution < 1.29 is 9.47 Å². The van der Waals surface area contributed by atoms with Crippen molar-refractivity contribution in [3.05, 3.63) is 0 Å². The second-order valence-electron chi connectivity index (χ2n) is 4.36. The van der Waals surface area contributed by atoms with Gasteiger partial charge in [-0.15, -0.1) is 0 Å². The van der Waals surface area contributed by atoms with Crippen LogP contribution in [0.1, 0.15) is 26.7 Å². The molecule has 2 heteroatoms. The first-order chi connectivity index (χ1) is 5.77. The van der Waals surface area contributed by atoms with Gasteiger partial charge in [0.1, 0.15) is 0 Å². The lowest BCUT2D eigenvalue weighted by Gasteiger charge is -2.33. The molecule has 2 heterocycles. The molecule has 70 valence electrons. The standard InChI is InChI=1S/C10H18O2/c1-7(2)9-5-8-3-4-11-10(8)12-6-9/h7-10H,3-6H2,1-2H3/t8?,9-,10?/m1/s1. The highest BCUT2D eigenvalue weighted by Crippen LogP contribution is 2.35. The van der Waals surface area contributed by atoms with E-state index in [1.54, 1.807) is 0 Å². The number of fused-ring (bicyclic) bond motifs is 1. The van der Waals surface area contributed by atoms with Gasteiger partial charge in [-0.25, -0.2) is 0 Å². The molecule has 0 aliphatic carbocycles. The molecule has 0 spiro atoms. The normalized spacial score (nSPS) is 41.8. The molecule has 0 aromatic carbocycles. The Kier molecular flexibility index (Phi) is 2.37. The van der Waals surface area contributed by atoms with Gasteiger partial charge in [0.05, 0.1) is 13.2 Å². The molecule has 0 bridgehead atoms. The van der Waals surface area contributed by atoms with Gasteiger partial charge in [0, 0.05) is 5.92 Å². The van der Waals surface area contributed by atoms with Crippen LogP contribution in [0.4, 0.5) is 0 Å². The minimum atomic E-state index is 0.139. The lowest BCUT2D eigenvalue weighted by Crippen LogP contribution is -2.33. The summed E-state index contributed by atoms with van der Waals surface area (Å²) in [5.41, 5.74) is 0. The van der Waals surface area contributed by atoms with Gasteiger partial charge in [-0.3, -0.25) is 0 Å². The zero-order valence-electron chi connectivity index (χ0n) is 7.95. The quantitative estimate of drug-likeness (QED) is 0.599. The molecule has 0 N–H and O–H groups in total. The van der Waals surface area contributed by atoms with Crippen molar-refractivity contribution in [2.24, 2.45) is 17.8 Å². The summed E-state index contributed by atoms with van der Waals surface area (Å²) in [4.78, 5) is 0. The lowest BCUT2D eigenvalue weighted by molar-refractivity contribution is -0.170. The van der Waals surface area contributed by atoms with Crippen LogP contribution < -0.4 is 0 Å². The Morgan fingerprint density at radius 1 is 1.25 bits per heavy atom. The average molecular weight is 170 g/mol. The Balaban J connectivity index is 1.92. The summed E-state index contributed by atoms with van der Waals surface area (Å²) in [6, 6.07) is 0. The van der Waals surface area contributed by atoms with Crippen molar-refractivity contribution in [3.63, 3.8) is 0 Å². The SMILES string of the molecule is CC(C)[C@H]1COC2OCCC2C1. The van der Waals surface area contributed by atoms with Crippen molar-refractivity contribution in [1.29, 1.82) is 0 Å². The smallest absolute Gasteiger partial charge is 0.160 e. The molecular formula is C10H18O2. The molecule has 2 rings (SSSR count). The average Bonchev–Trinajstić information content (AvgIpc) is 2.49. The van der Waals surface area contributed by atoms with Gasteiger partial charge < -0.3 is 9.47 Å². The van der Waals surface area contributed by atoms with Crippen LogP contribution in [0, 0.1) is 17.8 Å². The van der Waals surface area contributed by atoms with Crippen LogP contribution in [0.15, 0.2) is 0 Å². The summed E-state index contributed by atoms with van der Waals surface area (Å²) in [6.07, 6.45) is 2.65. The van der Waals surface area contributed by atoms with Crippen molar-refractivity contribution in [1.82, 2.24) is 0 Å². The van der Waals surface area contributed by atoms with Crippen molar-refractivity contribution in [2.45, 2.75) is 33.0 Å². The zero-order chi connectivity index (χ0) is 8.55. The maximum absolute atomic E-state index is 5.65. The second kappa shape index (κ2) is 3.35. The Bertz CT molecular complexity index is 156. The van der Waals surface area contributed by atoms with E-state index in [4.69, 9.17) is 9.47 Å². The van der Waals surface area contributed by atoms with Gasteiger partial charge in [0.25, 0.3) is 0 Å². The topological polar surface area (TPSA) is 18.5 Å². The second-order valence-corrected chi connectivity index (χ2v) is 4.36. The number of ether oxygens (including phenoxy) is 2. The maximum Gasteiger partial charge on any atom is 0.160 e. The lowest BCUT2D eigenvalue weighted by atomic mass is 9.84. The summed E-state index contributed by atoms with van der Waals surface area (Å²) in [7, 11) is 0. The molecule has 2 aliphatic rings. The largest absolute Gasteiger partial charge is 0.352 e. The Labute approximate surface area is 74.2 Å². The first kappa shape index (κ1) is 8.52. The maximum atomic E-state index is 5.65. The first-order valence-electron chi connectivity index (χ1n) is 5.00. The molecule has 0 saturated carbocycles. The molecule has 3 atom stereocenters. The van der Waals surface area contributed by atoms with E-state index in [-0.39, 0.29) is 6.29 Å². The third-order valence-electron chi connectivity index (χ3n) is 3.18. The van der Waals surface area contributed by atoms with E-state index in [0.29, 0.717) is 5.92 Å². The predicted octanol–water partition coefficient (Wildman–Crippen LogP) is 2.04. The Hall–Kier alpha value is -0.0800. The summed E-state index contributed by atoms with van der Waals surface area (Å²) < 4.78 is 11.1. The highest BCUT2D eigenvalue weighted by Gasteiger charge is 2.36. The molecule has 2 unspecified atom stereocenters. The number of hydrogen-bond donors (Lipinski definition) is 0. The van der Waals surface area contributed by atoms with E-state index in [1.807, 2.05) is 0 Å². The number of rotatable bonds is 1. The van der Waals surface area contributed by atoms with Crippen LogP contribution in [0.3, 0.4) is 0 Å². The van der Waals surface area contributed by atoms with E-state index in [2.05, 4.69) is 13.8 Å². The fraction of sp³-hybridized carbons (Fsp3) is 1.00. The van der Waals surface area contributed by atoms with Crippen LogP contribution >= 0.6 is 0 Å². The third-order valence-corrected chi connectivity index (χ3v) is 3.18. The van der Waals surface area contributed by atoms with Gasteiger partial charge in [0.2, 0.25) is 0 Å². The molecular weight excluding hydrogens is 152 g/mol. The molecule has 0 amide bonds. The van der Waals surface area contributed by atoms with Crippen molar-refractivity contribution in [3.8, 4) is 0 Å². The molecule has 2 aliphatic heterocycles. The highest BCUT2D eigenvalue weighted by atomic mass is 16.7. The molecule has 2 nitrogen and oxygen atoms in total. The molecule has 0 aromatic rings. The monoisotopic (exact) mass is 170 g/mol. The van der Waals surface area contributed by atoms with Gasteiger partial charge >= 0.3 is 0 Å². The first-order valence-corrected chi connectivity index (χ1v) is 5.00. The van der Waals surface area contributed by atoms with Crippen molar-refractivity contribution in [2.75, 3.05) is 13.2 Å². The van der Waals surface area contributed by atoms with Gasteiger partial charge in [-0.2, -0.15) is 0 Å². The van der Waals surface area contributed by atoms with Crippen LogP contribution in [0.25, 0.3) is 0 Å². The van der Waals surface area contributed by atoms with Crippen LogP contribution in [-0.2, 0) is 9.47 Å². The summed E-state index contributed by atoms with van der Waals surface area (Å²) in [5, 5.41) is 0. The molecule has 0 radical (unpaired) electrons. The van der Waals surface area contributed by atoms with E-state index in [0.717, 1.165) is 25.0 Å². The third kappa shape index (κ3) is 1.50. The van der Waals surface area contributed by atoms with Crippen LogP contribution in [0.5, 0.6) is 0 Å². The minimum Gasteiger partial charge on any atom is -0.352 e. The minimum absolute atomic E-state index is 0.139. The van der Waals surface area contributed by atoms with Gasteiger partial charge in [-0.1, -0.05) is 13.8 Å². The molecule has 2 saturated heterocycles. The summed E-state index contributed by atoms with van der Waals surface area (Å²) in [6.45, 7) is 6.37.